The highest BCUT2D eigenvalue weighted by molar-refractivity contribution is 5.21. The Kier molecular flexibility index (Phi) is 6.32. The lowest BCUT2D eigenvalue weighted by molar-refractivity contribution is -0.211. The highest BCUT2D eigenvalue weighted by Crippen LogP contribution is 2.43. The minimum Gasteiger partial charge on any atom is -0.352 e. The molecule has 0 radical (unpaired) electrons. The van der Waals surface area contributed by atoms with Gasteiger partial charge in [-0.05, 0) is 94.4 Å². The second-order valence-corrected chi connectivity index (χ2v) is 9.11. The van der Waals surface area contributed by atoms with E-state index in [9.17, 15) is 0 Å². The highest BCUT2D eigenvalue weighted by Gasteiger charge is 2.34. The van der Waals surface area contributed by atoms with Gasteiger partial charge in [0.1, 0.15) is 0 Å². The number of rotatable bonds is 4. The first-order chi connectivity index (χ1) is 12.8. The summed E-state index contributed by atoms with van der Waals surface area (Å²) in [4.78, 5) is 0. The first-order valence-electron chi connectivity index (χ1n) is 11.1. The summed E-state index contributed by atoms with van der Waals surface area (Å²) < 4.78 is 11.7. The van der Waals surface area contributed by atoms with Gasteiger partial charge in [-0.2, -0.15) is 0 Å². The average Bonchev–Trinajstić information content (AvgIpc) is 2.71. The minimum atomic E-state index is 0.106. The molecule has 2 heteroatoms. The standard InChI is InChI=1S/C24H36O2/c1-18-3-5-19(6-4-18)17-20-7-9-21(10-8-20)22-11-13-23(14-12-22)24-25-15-2-16-26-24/h3-6,20-24H,2,7-17H2,1H3. The van der Waals surface area contributed by atoms with Gasteiger partial charge in [0.25, 0.3) is 0 Å². The van der Waals surface area contributed by atoms with E-state index in [4.69, 9.17) is 9.47 Å². The van der Waals surface area contributed by atoms with Crippen LogP contribution < -0.4 is 0 Å². The maximum Gasteiger partial charge on any atom is 0.160 e. The van der Waals surface area contributed by atoms with Crippen molar-refractivity contribution >= 4 is 0 Å². The molecule has 1 aromatic rings. The van der Waals surface area contributed by atoms with Crippen molar-refractivity contribution in [2.45, 2.75) is 77.4 Å². The predicted octanol–water partition coefficient (Wildman–Crippen LogP) is 5.91. The zero-order chi connectivity index (χ0) is 17.8. The van der Waals surface area contributed by atoms with Gasteiger partial charge in [-0.25, -0.2) is 0 Å². The third kappa shape index (κ3) is 4.70. The quantitative estimate of drug-likeness (QED) is 0.667. The Morgan fingerprint density at radius 2 is 1.27 bits per heavy atom. The molecular weight excluding hydrogens is 320 g/mol. The maximum atomic E-state index is 5.85. The lowest BCUT2D eigenvalue weighted by Crippen LogP contribution is -2.36. The van der Waals surface area contributed by atoms with E-state index in [1.165, 1.54) is 68.9 Å². The predicted molar refractivity (Wildman–Crippen MR) is 106 cm³/mol. The van der Waals surface area contributed by atoms with Crippen LogP contribution in [0.25, 0.3) is 0 Å². The lowest BCUT2D eigenvalue weighted by atomic mass is 9.68. The van der Waals surface area contributed by atoms with E-state index in [0.29, 0.717) is 5.92 Å². The molecule has 0 amide bonds. The van der Waals surface area contributed by atoms with Crippen LogP contribution in [0.1, 0.15) is 68.9 Å². The summed E-state index contributed by atoms with van der Waals surface area (Å²) in [5, 5.41) is 0. The van der Waals surface area contributed by atoms with E-state index in [-0.39, 0.29) is 6.29 Å². The molecule has 3 fully saturated rings. The van der Waals surface area contributed by atoms with Crippen molar-refractivity contribution in [3.63, 3.8) is 0 Å². The van der Waals surface area contributed by atoms with Gasteiger partial charge in [0.2, 0.25) is 0 Å². The lowest BCUT2D eigenvalue weighted by Gasteiger charge is -2.40. The molecule has 0 spiro atoms. The Bertz CT molecular complexity index is 530. The van der Waals surface area contributed by atoms with Crippen LogP contribution in [0.3, 0.4) is 0 Å². The van der Waals surface area contributed by atoms with Crippen LogP contribution in [0.4, 0.5) is 0 Å². The molecule has 144 valence electrons. The molecule has 1 aromatic carbocycles. The van der Waals surface area contributed by atoms with Gasteiger partial charge in [0.15, 0.2) is 6.29 Å². The molecule has 1 aliphatic heterocycles. The van der Waals surface area contributed by atoms with Crippen LogP contribution in [0, 0.1) is 30.6 Å². The maximum absolute atomic E-state index is 5.85. The number of aryl methyl sites for hydroxylation is 1. The van der Waals surface area contributed by atoms with Crippen LogP contribution in [0.2, 0.25) is 0 Å². The van der Waals surface area contributed by atoms with Gasteiger partial charge in [-0.15, -0.1) is 0 Å². The summed E-state index contributed by atoms with van der Waals surface area (Å²) in [6.07, 6.45) is 13.7. The van der Waals surface area contributed by atoms with Crippen LogP contribution >= 0.6 is 0 Å². The van der Waals surface area contributed by atoms with E-state index >= 15 is 0 Å². The van der Waals surface area contributed by atoms with Gasteiger partial charge in [0.05, 0.1) is 13.2 Å². The molecule has 2 nitrogen and oxygen atoms in total. The summed E-state index contributed by atoms with van der Waals surface area (Å²) in [5.74, 6) is 3.52. The topological polar surface area (TPSA) is 18.5 Å². The Morgan fingerprint density at radius 1 is 0.731 bits per heavy atom. The number of hydrogen-bond acceptors (Lipinski definition) is 2. The SMILES string of the molecule is Cc1ccc(CC2CCC(C3CCC(C4OCCCO4)CC3)CC2)cc1. The molecule has 0 aromatic heterocycles. The summed E-state index contributed by atoms with van der Waals surface area (Å²) in [6, 6.07) is 9.19. The van der Waals surface area contributed by atoms with Crippen molar-refractivity contribution in [3.8, 4) is 0 Å². The summed E-state index contributed by atoms with van der Waals surface area (Å²) in [7, 11) is 0. The molecular formula is C24H36O2. The normalized spacial score (nSPS) is 33.9. The summed E-state index contributed by atoms with van der Waals surface area (Å²) in [6.45, 7) is 3.97. The molecule has 0 unspecified atom stereocenters. The van der Waals surface area contributed by atoms with E-state index in [1.54, 1.807) is 0 Å². The molecule has 3 aliphatic rings. The van der Waals surface area contributed by atoms with Crippen molar-refractivity contribution in [1.29, 1.82) is 0 Å². The first kappa shape index (κ1) is 18.5. The number of hydrogen-bond donors (Lipinski definition) is 0. The van der Waals surface area contributed by atoms with Gasteiger partial charge in [-0.1, -0.05) is 29.8 Å². The van der Waals surface area contributed by atoms with Gasteiger partial charge < -0.3 is 9.47 Å². The van der Waals surface area contributed by atoms with Crippen molar-refractivity contribution < 1.29 is 9.47 Å². The van der Waals surface area contributed by atoms with Gasteiger partial charge >= 0.3 is 0 Å². The summed E-state index contributed by atoms with van der Waals surface area (Å²) >= 11 is 0. The molecule has 1 heterocycles. The summed E-state index contributed by atoms with van der Waals surface area (Å²) in [5.41, 5.74) is 2.91. The van der Waals surface area contributed by atoms with Gasteiger partial charge in [-0.3, -0.25) is 0 Å². The molecule has 0 atom stereocenters. The number of ether oxygens (including phenoxy) is 2. The zero-order valence-electron chi connectivity index (χ0n) is 16.5. The first-order valence-corrected chi connectivity index (χ1v) is 11.1. The molecule has 1 saturated heterocycles. The largest absolute Gasteiger partial charge is 0.352 e. The second-order valence-electron chi connectivity index (χ2n) is 9.11. The third-order valence-corrected chi connectivity index (χ3v) is 7.26. The smallest absolute Gasteiger partial charge is 0.160 e. The van der Waals surface area contributed by atoms with E-state index in [1.807, 2.05) is 0 Å². The highest BCUT2D eigenvalue weighted by atomic mass is 16.7. The monoisotopic (exact) mass is 356 g/mol. The fourth-order valence-corrected chi connectivity index (χ4v) is 5.59. The van der Waals surface area contributed by atoms with Crippen molar-refractivity contribution in [1.82, 2.24) is 0 Å². The van der Waals surface area contributed by atoms with Gasteiger partial charge in [0, 0.05) is 5.92 Å². The van der Waals surface area contributed by atoms with Crippen molar-refractivity contribution in [2.75, 3.05) is 13.2 Å². The van der Waals surface area contributed by atoms with E-state index in [2.05, 4.69) is 31.2 Å². The molecule has 0 N–H and O–H groups in total. The van der Waals surface area contributed by atoms with Crippen molar-refractivity contribution in [3.05, 3.63) is 35.4 Å². The van der Waals surface area contributed by atoms with Crippen LogP contribution in [-0.2, 0) is 15.9 Å². The minimum absolute atomic E-state index is 0.106. The Morgan fingerprint density at radius 3 is 1.88 bits per heavy atom. The van der Waals surface area contributed by atoms with Crippen LogP contribution in [0.5, 0.6) is 0 Å². The number of benzene rings is 1. The fourth-order valence-electron chi connectivity index (χ4n) is 5.59. The van der Waals surface area contributed by atoms with Crippen molar-refractivity contribution in [2.24, 2.45) is 23.7 Å². The molecule has 0 bridgehead atoms. The van der Waals surface area contributed by atoms with E-state index in [0.717, 1.165) is 37.4 Å². The molecule has 2 saturated carbocycles. The average molecular weight is 357 g/mol. The molecule has 26 heavy (non-hydrogen) atoms. The van der Waals surface area contributed by atoms with Crippen LogP contribution in [-0.4, -0.2) is 19.5 Å². The van der Waals surface area contributed by atoms with E-state index < -0.39 is 0 Å². The Hall–Kier alpha value is -0.860. The fraction of sp³-hybridized carbons (Fsp3) is 0.750. The molecule has 2 aliphatic carbocycles. The third-order valence-electron chi connectivity index (χ3n) is 7.26. The Labute approximate surface area is 159 Å². The second kappa shape index (κ2) is 8.89. The zero-order valence-corrected chi connectivity index (χ0v) is 16.5. The van der Waals surface area contributed by atoms with Crippen LogP contribution in [0.15, 0.2) is 24.3 Å². The molecule has 4 rings (SSSR count). The Balaban J connectivity index is 1.19.